The van der Waals surface area contributed by atoms with E-state index >= 15 is 0 Å². The zero-order valence-electron chi connectivity index (χ0n) is 9.11. The van der Waals surface area contributed by atoms with Crippen molar-refractivity contribution in [2.75, 3.05) is 0 Å². The van der Waals surface area contributed by atoms with E-state index in [1.807, 2.05) is 0 Å². The molecule has 0 saturated carbocycles. The van der Waals surface area contributed by atoms with Crippen LogP contribution in [-0.4, -0.2) is 16.8 Å². The molecule has 1 aromatic heterocycles. The Bertz CT molecular complexity index is 443. The molecule has 0 aliphatic rings. The Morgan fingerprint density at radius 1 is 1.28 bits per heavy atom. The van der Waals surface area contributed by atoms with Crippen molar-refractivity contribution in [3.05, 3.63) is 33.7 Å². The zero-order valence-corrected chi connectivity index (χ0v) is 12.2. The molecule has 102 valence electrons. The van der Waals surface area contributed by atoms with Gasteiger partial charge in [-0.15, -0.1) is 0 Å². The van der Waals surface area contributed by atoms with Gasteiger partial charge in [-0.1, -0.05) is 23.2 Å². The van der Waals surface area contributed by atoms with Crippen LogP contribution in [0.15, 0.2) is 12.1 Å². The molecular formula is C10H10Cl2N3O2Pd-. The maximum Gasteiger partial charge on any atom is 0.220 e. The first kappa shape index (κ1) is 17.3. The van der Waals surface area contributed by atoms with Crippen molar-refractivity contribution in [2.45, 2.75) is 19.4 Å². The second-order valence-corrected chi connectivity index (χ2v) is 4.04. The fraction of sp³-hybridized carbons (Fsp3) is 0.300. The molecule has 0 unspecified atom stereocenters. The number of nitrogens with one attached hydrogen (secondary N) is 2. The van der Waals surface area contributed by atoms with E-state index in [0.29, 0.717) is 10.7 Å². The van der Waals surface area contributed by atoms with Crippen LogP contribution in [0.3, 0.4) is 0 Å². The van der Waals surface area contributed by atoms with Crippen LogP contribution in [-0.2, 0) is 36.6 Å². The molecule has 0 aromatic carbocycles. The van der Waals surface area contributed by atoms with E-state index in [2.05, 4.69) is 10.3 Å². The number of carbonyl (C=O) groups excluding carboxylic acids is 2. The molecule has 1 rings (SSSR count). The Balaban J connectivity index is 0.00000289. The number of nitrogens with zero attached hydrogens (tertiary/aromatic N) is 1. The summed E-state index contributed by atoms with van der Waals surface area (Å²) in [4.78, 5) is 25.5. The Morgan fingerprint density at radius 3 is 2.50 bits per heavy atom. The monoisotopic (exact) mass is 380 g/mol. The first-order chi connectivity index (χ1) is 7.99. The number of pyridine rings is 1. The number of halogens is 2. The van der Waals surface area contributed by atoms with Crippen LogP contribution < -0.4 is 5.32 Å². The summed E-state index contributed by atoms with van der Waals surface area (Å²) in [5.41, 5.74) is 7.23. The number of amides is 2. The van der Waals surface area contributed by atoms with Crippen LogP contribution in [0.4, 0.5) is 0 Å². The van der Waals surface area contributed by atoms with Crippen molar-refractivity contribution >= 4 is 35.0 Å². The third-order valence-electron chi connectivity index (χ3n) is 1.91. The van der Waals surface area contributed by atoms with E-state index in [0.717, 1.165) is 0 Å². The Labute approximate surface area is 128 Å². The molecule has 0 atom stereocenters. The predicted octanol–water partition coefficient (Wildman–Crippen LogP) is 2.36. The zero-order chi connectivity index (χ0) is 12.8. The molecule has 1 aromatic rings. The van der Waals surface area contributed by atoms with Crippen LogP contribution in [0.25, 0.3) is 5.73 Å². The van der Waals surface area contributed by atoms with Crippen molar-refractivity contribution < 1.29 is 30.0 Å². The Kier molecular flexibility index (Phi) is 8.12. The maximum absolute atomic E-state index is 11.2. The molecule has 2 N–H and O–H groups in total. The molecule has 2 amide bonds. The van der Waals surface area contributed by atoms with Gasteiger partial charge in [-0.05, 0) is 18.6 Å². The Morgan fingerprint density at radius 2 is 1.94 bits per heavy atom. The van der Waals surface area contributed by atoms with Crippen LogP contribution >= 0.6 is 23.2 Å². The van der Waals surface area contributed by atoms with E-state index in [9.17, 15) is 9.59 Å². The summed E-state index contributed by atoms with van der Waals surface area (Å²) in [5.74, 6) is -1.06. The molecule has 0 saturated heterocycles. The molecule has 1 heterocycles. The minimum atomic E-state index is -0.757. The SMILES string of the molecule is [NH-]C(=O)CCC(=O)NCc1ccc(Cl)c(Cl)n1.[Pd]. The summed E-state index contributed by atoms with van der Waals surface area (Å²) in [5, 5.41) is 3.09. The summed E-state index contributed by atoms with van der Waals surface area (Å²) in [6.07, 6.45) is -0.0791. The first-order valence-corrected chi connectivity index (χ1v) is 5.56. The number of aromatic nitrogens is 1. The van der Waals surface area contributed by atoms with Gasteiger partial charge in [0.2, 0.25) is 5.91 Å². The van der Waals surface area contributed by atoms with Gasteiger partial charge in [0.1, 0.15) is 5.15 Å². The molecule has 0 aliphatic carbocycles. The predicted molar refractivity (Wildman–Crippen MR) is 64.7 cm³/mol. The molecular weight excluding hydrogens is 371 g/mol. The molecule has 0 spiro atoms. The fourth-order valence-electron chi connectivity index (χ4n) is 1.06. The average Bonchev–Trinajstić information content (AvgIpc) is 2.28. The Hall–Kier alpha value is -0.668. The van der Waals surface area contributed by atoms with Crippen molar-refractivity contribution in [1.82, 2.24) is 10.3 Å². The van der Waals surface area contributed by atoms with Crippen LogP contribution in [0.1, 0.15) is 18.5 Å². The summed E-state index contributed by atoms with van der Waals surface area (Å²) < 4.78 is 0. The molecule has 5 nitrogen and oxygen atoms in total. The van der Waals surface area contributed by atoms with Crippen LogP contribution in [0.2, 0.25) is 10.2 Å². The summed E-state index contributed by atoms with van der Waals surface area (Å²) in [6, 6.07) is 3.23. The van der Waals surface area contributed by atoms with Gasteiger partial charge in [-0.25, -0.2) is 4.98 Å². The van der Waals surface area contributed by atoms with E-state index < -0.39 is 5.91 Å². The van der Waals surface area contributed by atoms with Gasteiger partial charge in [0.25, 0.3) is 0 Å². The third-order valence-corrected chi connectivity index (χ3v) is 2.60. The standard InChI is InChI=1S/C10H11Cl2N3O2.Pd/c11-7-2-1-6(15-10(7)12)5-14-9(17)4-3-8(13)16;/h1-2H,3-5H2,(H3,13,14,16,17);/p-1. The van der Waals surface area contributed by atoms with Gasteiger partial charge in [0, 0.05) is 32.8 Å². The number of hydrogen-bond acceptors (Lipinski definition) is 3. The topological polar surface area (TPSA) is 82.9 Å². The third kappa shape index (κ3) is 6.32. The van der Waals surface area contributed by atoms with Crippen LogP contribution in [0, 0.1) is 0 Å². The van der Waals surface area contributed by atoms with Crippen molar-refractivity contribution in [1.29, 1.82) is 0 Å². The average molecular weight is 382 g/mol. The van der Waals surface area contributed by atoms with E-state index in [1.165, 1.54) is 0 Å². The molecule has 0 aliphatic heterocycles. The fourth-order valence-corrected chi connectivity index (χ4v) is 1.33. The largest absolute Gasteiger partial charge is 0.668 e. The summed E-state index contributed by atoms with van der Waals surface area (Å²) >= 11 is 11.4. The second kappa shape index (κ2) is 8.44. The van der Waals surface area contributed by atoms with Gasteiger partial charge in [-0.2, -0.15) is 0 Å². The molecule has 0 fully saturated rings. The van der Waals surface area contributed by atoms with E-state index in [-0.39, 0.29) is 50.9 Å². The summed E-state index contributed by atoms with van der Waals surface area (Å²) in [7, 11) is 0. The van der Waals surface area contributed by atoms with Gasteiger partial charge >= 0.3 is 0 Å². The minimum Gasteiger partial charge on any atom is -0.668 e. The van der Waals surface area contributed by atoms with Gasteiger partial charge in [0.05, 0.1) is 17.3 Å². The molecule has 18 heavy (non-hydrogen) atoms. The molecule has 8 heteroatoms. The number of hydrogen-bond donors (Lipinski definition) is 1. The molecule has 0 radical (unpaired) electrons. The van der Waals surface area contributed by atoms with Crippen molar-refractivity contribution in [3.8, 4) is 0 Å². The van der Waals surface area contributed by atoms with Crippen LogP contribution in [0.5, 0.6) is 0 Å². The maximum atomic E-state index is 11.2. The smallest absolute Gasteiger partial charge is 0.220 e. The van der Waals surface area contributed by atoms with Crippen molar-refractivity contribution in [3.63, 3.8) is 0 Å². The van der Waals surface area contributed by atoms with E-state index in [4.69, 9.17) is 28.9 Å². The van der Waals surface area contributed by atoms with Crippen molar-refractivity contribution in [2.24, 2.45) is 0 Å². The minimum absolute atomic E-state index is 0. The number of rotatable bonds is 5. The quantitative estimate of drug-likeness (QED) is 0.628. The normalized spacial score (nSPS) is 9.44. The van der Waals surface area contributed by atoms with Gasteiger partial charge < -0.3 is 15.8 Å². The first-order valence-electron chi connectivity index (χ1n) is 4.81. The second-order valence-electron chi connectivity index (χ2n) is 3.28. The molecule has 0 bridgehead atoms. The van der Waals surface area contributed by atoms with Gasteiger partial charge in [-0.3, -0.25) is 4.79 Å². The van der Waals surface area contributed by atoms with E-state index in [1.54, 1.807) is 12.1 Å². The number of carbonyl (C=O) groups is 2. The summed E-state index contributed by atoms with van der Waals surface area (Å²) in [6.45, 7) is 0.210. The van der Waals surface area contributed by atoms with Gasteiger partial charge in [0.15, 0.2) is 0 Å².